The minimum absolute atomic E-state index is 0.114. The zero-order valence-electron chi connectivity index (χ0n) is 19.5. The summed E-state index contributed by atoms with van der Waals surface area (Å²) in [7, 11) is 0. The Morgan fingerprint density at radius 3 is 2.22 bits per heavy atom. The Labute approximate surface area is 205 Å². The summed E-state index contributed by atoms with van der Waals surface area (Å²) in [5.41, 5.74) is 4.48. The molecule has 0 aliphatic heterocycles. The Bertz CT molecular complexity index is 1400. The molecule has 1 heterocycles. The number of para-hydroxylation sites is 1. The van der Waals surface area contributed by atoms with Gasteiger partial charge < -0.3 is 5.32 Å². The first-order valence-electron chi connectivity index (χ1n) is 10.5. The third kappa shape index (κ3) is 5.39. The Kier molecular flexibility index (Phi) is 7.29. The molecule has 0 aliphatic carbocycles. The van der Waals surface area contributed by atoms with Gasteiger partial charge in [-0.1, -0.05) is 30.3 Å². The summed E-state index contributed by atoms with van der Waals surface area (Å²) >= 11 is 0. The number of hydrogen-bond donors (Lipinski definition) is 2. The van der Waals surface area contributed by atoms with Gasteiger partial charge in [0.1, 0.15) is 0 Å². The zero-order valence-corrected chi connectivity index (χ0v) is 19.5. The van der Waals surface area contributed by atoms with E-state index < -0.39 is 35.5 Å². The average Bonchev–Trinajstić information content (AvgIpc) is 2.81. The van der Waals surface area contributed by atoms with Crippen LogP contribution in [0, 0.1) is 13.8 Å². The van der Waals surface area contributed by atoms with Gasteiger partial charge in [-0.3, -0.25) is 14.6 Å². The van der Waals surface area contributed by atoms with E-state index in [0.717, 1.165) is 17.7 Å². The molecule has 0 radical (unpaired) electrons. The van der Waals surface area contributed by atoms with Crippen LogP contribution in [0.2, 0.25) is 0 Å². The van der Waals surface area contributed by atoms with E-state index in [1.165, 1.54) is 24.4 Å². The summed E-state index contributed by atoms with van der Waals surface area (Å²) in [6.45, 7) is 4.96. The van der Waals surface area contributed by atoms with Gasteiger partial charge in [0, 0.05) is 16.8 Å². The molecule has 6 nitrogen and oxygen atoms in total. The van der Waals surface area contributed by atoms with Crippen molar-refractivity contribution in [2.24, 2.45) is 5.10 Å². The third-order valence-corrected chi connectivity index (χ3v) is 5.31. The van der Waals surface area contributed by atoms with Crippen molar-refractivity contribution < 1.29 is 40.3 Å². The number of carbonyl (C=O) groups is 2. The number of fused-ring (bicyclic) bond motifs is 1. The van der Waals surface area contributed by atoms with Gasteiger partial charge in [0.2, 0.25) is 0 Å². The SMILES string of the molecule is CC(=NNC(=O)c1cc(C)nc2c(C)cccc12)c1cccc(NC(=O)C(F)(F)C(F)(F)C(F)(F)F)c1. The van der Waals surface area contributed by atoms with E-state index >= 15 is 0 Å². The number of nitrogens with zero attached hydrogens (tertiary/aromatic N) is 2. The van der Waals surface area contributed by atoms with E-state index in [1.807, 2.05) is 13.0 Å². The van der Waals surface area contributed by atoms with E-state index in [1.54, 1.807) is 25.1 Å². The number of carbonyl (C=O) groups excluding carboxylic acids is 2. The molecule has 2 amide bonds. The highest BCUT2D eigenvalue weighted by Crippen LogP contribution is 2.46. The predicted molar refractivity (Wildman–Crippen MR) is 122 cm³/mol. The Morgan fingerprint density at radius 2 is 1.57 bits per heavy atom. The second kappa shape index (κ2) is 9.79. The molecule has 0 spiro atoms. The summed E-state index contributed by atoms with van der Waals surface area (Å²) in [5, 5.41) is 5.88. The van der Waals surface area contributed by atoms with Crippen LogP contribution in [0.15, 0.2) is 53.6 Å². The van der Waals surface area contributed by atoms with Crippen LogP contribution >= 0.6 is 0 Å². The lowest BCUT2D eigenvalue weighted by Crippen LogP contribution is -2.57. The van der Waals surface area contributed by atoms with Crippen molar-refractivity contribution in [2.45, 2.75) is 38.8 Å². The van der Waals surface area contributed by atoms with Crippen LogP contribution in [0.5, 0.6) is 0 Å². The summed E-state index contributed by atoms with van der Waals surface area (Å²) in [5.74, 6) is -16.1. The van der Waals surface area contributed by atoms with E-state index in [9.17, 15) is 40.3 Å². The zero-order chi connectivity index (χ0) is 27.8. The molecule has 2 N–H and O–H groups in total. The number of anilines is 1. The average molecular weight is 528 g/mol. The third-order valence-electron chi connectivity index (χ3n) is 5.31. The van der Waals surface area contributed by atoms with Crippen molar-refractivity contribution in [2.75, 3.05) is 5.32 Å². The van der Waals surface area contributed by atoms with E-state index in [0.29, 0.717) is 16.6 Å². The summed E-state index contributed by atoms with van der Waals surface area (Å²) in [4.78, 5) is 28.8. The van der Waals surface area contributed by atoms with Gasteiger partial charge in [0.05, 0.1) is 16.8 Å². The number of aromatic nitrogens is 1. The fourth-order valence-corrected chi connectivity index (χ4v) is 3.32. The van der Waals surface area contributed by atoms with Crippen molar-refractivity contribution in [1.29, 1.82) is 0 Å². The largest absolute Gasteiger partial charge is 0.460 e. The first kappa shape index (κ1) is 27.6. The smallest absolute Gasteiger partial charge is 0.321 e. The molecule has 0 bridgehead atoms. The summed E-state index contributed by atoms with van der Waals surface area (Å²) in [6, 6.07) is 11.5. The fourth-order valence-electron chi connectivity index (χ4n) is 3.32. The van der Waals surface area contributed by atoms with Crippen LogP contribution in [-0.2, 0) is 4.79 Å². The van der Waals surface area contributed by atoms with Crippen molar-refractivity contribution in [3.8, 4) is 0 Å². The molecule has 196 valence electrons. The normalized spacial score (nSPS) is 13.0. The maximum absolute atomic E-state index is 13.6. The first-order valence-corrected chi connectivity index (χ1v) is 10.5. The highest BCUT2D eigenvalue weighted by molar-refractivity contribution is 6.08. The second-order valence-corrected chi connectivity index (χ2v) is 8.10. The predicted octanol–water partition coefficient (Wildman–Crippen LogP) is 5.78. The van der Waals surface area contributed by atoms with Crippen LogP contribution in [0.25, 0.3) is 10.9 Å². The number of aryl methyl sites for hydroxylation is 2. The molecule has 0 saturated carbocycles. The number of rotatable bonds is 6. The van der Waals surface area contributed by atoms with E-state index in [2.05, 4.69) is 15.5 Å². The van der Waals surface area contributed by atoms with Crippen LogP contribution in [-0.4, -0.2) is 40.5 Å². The molecule has 1 aromatic heterocycles. The summed E-state index contributed by atoms with van der Waals surface area (Å²) < 4.78 is 90.5. The number of alkyl halides is 7. The molecule has 0 atom stereocenters. The molecular formula is C24H19F7N4O2. The highest BCUT2D eigenvalue weighted by Gasteiger charge is 2.76. The molecule has 2 aromatic carbocycles. The minimum Gasteiger partial charge on any atom is -0.321 e. The molecule has 0 fully saturated rings. The Hall–Kier alpha value is -4.03. The molecular weight excluding hydrogens is 509 g/mol. The lowest BCUT2D eigenvalue weighted by molar-refractivity contribution is -0.343. The topological polar surface area (TPSA) is 83.4 Å². The highest BCUT2D eigenvalue weighted by atomic mass is 19.4. The quantitative estimate of drug-likeness (QED) is 0.242. The van der Waals surface area contributed by atoms with Crippen molar-refractivity contribution >= 4 is 34.1 Å². The van der Waals surface area contributed by atoms with Crippen molar-refractivity contribution in [1.82, 2.24) is 10.4 Å². The fraction of sp³-hybridized carbons (Fsp3) is 0.250. The van der Waals surface area contributed by atoms with Crippen LogP contribution in [0.4, 0.5) is 36.4 Å². The lowest BCUT2D eigenvalue weighted by atomic mass is 10.0. The van der Waals surface area contributed by atoms with Gasteiger partial charge in [0.15, 0.2) is 0 Å². The minimum atomic E-state index is -6.64. The van der Waals surface area contributed by atoms with E-state index in [-0.39, 0.29) is 16.8 Å². The van der Waals surface area contributed by atoms with Gasteiger partial charge in [-0.05, 0) is 50.1 Å². The van der Waals surface area contributed by atoms with Crippen molar-refractivity contribution in [3.05, 3.63) is 70.9 Å². The van der Waals surface area contributed by atoms with Gasteiger partial charge in [-0.2, -0.15) is 35.8 Å². The number of amides is 2. The number of halogens is 7. The molecule has 13 heteroatoms. The number of hydrogen-bond acceptors (Lipinski definition) is 4. The van der Waals surface area contributed by atoms with E-state index in [4.69, 9.17) is 0 Å². The monoisotopic (exact) mass is 528 g/mol. The number of hydrazone groups is 1. The maximum Gasteiger partial charge on any atom is 0.460 e. The van der Waals surface area contributed by atoms with Crippen molar-refractivity contribution in [3.63, 3.8) is 0 Å². The molecule has 0 unspecified atom stereocenters. The number of benzene rings is 2. The van der Waals surface area contributed by atoms with Gasteiger partial charge in [-0.25, -0.2) is 5.43 Å². The molecule has 37 heavy (non-hydrogen) atoms. The molecule has 3 aromatic rings. The number of nitrogens with one attached hydrogen (secondary N) is 2. The molecule has 3 rings (SSSR count). The lowest BCUT2D eigenvalue weighted by Gasteiger charge is -2.27. The van der Waals surface area contributed by atoms with Gasteiger partial charge in [0.25, 0.3) is 5.91 Å². The van der Waals surface area contributed by atoms with Crippen LogP contribution < -0.4 is 10.7 Å². The second-order valence-electron chi connectivity index (χ2n) is 8.10. The molecule has 0 aliphatic rings. The first-order chi connectivity index (χ1) is 17.1. The Balaban J connectivity index is 1.81. The maximum atomic E-state index is 13.6. The van der Waals surface area contributed by atoms with Crippen LogP contribution in [0.3, 0.4) is 0 Å². The van der Waals surface area contributed by atoms with Gasteiger partial charge >= 0.3 is 23.9 Å². The summed E-state index contributed by atoms with van der Waals surface area (Å²) in [6.07, 6.45) is -6.64. The standard InChI is InChI=1S/C24H19F7N4O2/c1-12-6-4-9-17-18(10-13(2)32-19(12)17)20(36)35-34-14(3)15-7-5-8-16(11-15)33-21(37)22(25,26)23(27,28)24(29,30)31/h4-11H,1-3H3,(H,33,37)(H,35,36). The molecule has 0 saturated heterocycles. The van der Waals surface area contributed by atoms with Crippen LogP contribution in [0.1, 0.15) is 34.1 Å². The van der Waals surface area contributed by atoms with Gasteiger partial charge in [-0.15, -0.1) is 0 Å². The Morgan fingerprint density at radius 1 is 0.919 bits per heavy atom. The number of pyridine rings is 1.